The Morgan fingerprint density at radius 3 is 2.62 bits per heavy atom. The van der Waals surface area contributed by atoms with E-state index < -0.39 is 17.9 Å². The minimum Gasteiger partial charge on any atom is -0.386 e. The minimum atomic E-state index is -2.69. The third-order valence-electron chi connectivity index (χ3n) is 4.18. The number of nitrogens with two attached hydrogens (primary N) is 1. The molecule has 0 atom stereocenters. The lowest BCUT2D eigenvalue weighted by Crippen LogP contribution is -2.50. The average Bonchev–Trinajstić information content (AvgIpc) is 2.53. The highest BCUT2D eigenvalue weighted by Crippen LogP contribution is 2.37. The summed E-state index contributed by atoms with van der Waals surface area (Å²) in [6, 6.07) is 2.79. The van der Waals surface area contributed by atoms with Crippen LogP contribution < -0.4 is 16.4 Å². The molecule has 0 radical (unpaired) electrons. The van der Waals surface area contributed by atoms with Crippen LogP contribution in [0.2, 0.25) is 0 Å². The third kappa shape index (κ3) is 4.65. The number of halogens is 2. The number of hydrogen-bond acceptors (Lipinski definition) is 5. The Morgan fingerprint density at radius 1 is 1.42 bits per heavy atom. The van der Waals surface area contributed by atoms with Gasteiger partial charge in [-0.1, -0.05) is 6.58 Å². The number of nitrogens with zero attached hydrogens (tertiary/aromatic N) is 2. The highest BCUT2D eigenvalue weighted by atomic mass is 19.3. The molecule has 0 unspecified atom stereocenters. The summed E-state index contributed by atoms with van der Waals surface area (Å²) >= 11 is 0. The molecule has 1 amide bonds. The van der Waals surface area contributed by atoms with Crippen molar-refractivity contribution in [3.63, 3.8) is 0 Å². The number of allylic oxidation sites excluding steroid dienone is 2. The molecule has 4 N–H and O–H groups in total. The quantitative estimate of drug-likeness (QED) is 0.677. The van der Waals surface area contributed by atoms with Gasteiger partial charge >= 0.3 is 0 Å². The molecule has 1 saturated carbocycles. The van der Waals surface area contributed by atoms with Crippen molar-refractivity contribution in [1.29, 1.82) is 0 Å². The van der Waals surface area contributed by atoms with Gasteiger partial charge in [-0.3, -0.25) is 14.8 Å². The average molecular weight is 363 g/mol. The first kappa shape index (κ1) is 19.6. The van der Waals surface area contributed by atoms with Gasteiger partial charge in [0, 0.05) is 43.4 Å². The van der Waals surface area contributed by atoms with Crippen LogP contribution >= 0.6 is 0 Å². The van der Waals surface area contributed by atoms with Gasteiger partial charge in [0.05, 0.1) is 11.5 Å². The lowest BCUT2D eigenvalue weighted by atomic mass is 9.88. The fraction of sp³-hybridized carbons (Fsp3) is 0.389. The van der Waals surface area contributed by atoms with Crippen LogP contribution in [0.3, 0.4) is 0 Å². The Labute approximate surface area is 151 Å². The van der Waals surface area contributed by atoms with E-state index in [1.54, 1.807) is 19.2 Å². The monoisotopic (exact) mass is 363 g/mol. The van der Waals surface area contributed by atoms with Gasteiger partial charge in [-0.25, -0.2) is 8.78 Å². The molecule has 0 aromatic carbocycles. The van der Waals surface area contributed by atoms with Gasteiger partial charge in [0.25, 0.3) is 11.8 Å². The molecule has 0 spiro atoms. The van der Waals surface area contributed by atoms with Crippen LogP contribution in [-0.4, -0.2) is 35.6 Å². The summed E-state index contributed by atoms with van der Waals surface area (Å²) in [5, 5.41) is 5.51. The topological polar surface area (TPSA) is 92.4 Å². The SMILES string of the molecule is C=C(N)N/C(C)=C(C)/C(=N\C)c1ccnc(C(=O)NC2CC(F)(F)C2)c1. The summed E-state index contributed by atoms with van der Waals surface area (Å²) in [4.78, 5) is 20.6. The number of aliphatic imine (C=N–C) groups is 1. The zero-order chi connectivity index (χ0) is 19.5. The van der Waals surface area contributed by atoms with Crippen molar-refractivity contribution < 1.29 is 13.6 Å². The van der Waals surface area contributed by atoms with Crippen LogP contribution in [0.25, 0.3) is 0 Å². The number of nitrogens with one attached hydrogen (secondary N) is 2. The molecule has 1 aromatic heterocycles. The minimum absolute atomic E-state index is 0.153. The summed E-state index contributed by atoms with van der Waals surface area (Å²) in [6.45, 7) is 7.30. The predicted octanol–water partition coefficient (Wildman–Crippen LogP) is 2.34. The first-order valence-electron chi connectivity index (χ1n) is 8.14. The van der Waals surface area contributed by atoms with E-state index in [1.165, 1.54) is 6.20 Å². The smallest absolute Gasteiger partial charge is 0.270 e. The first-order valence-corrected chi connectivity index (χ1v) is 8.14. The van der Waals surface area contributed by atoms with Crippen molar-refractivity contribution in [3.05, 3.63) is 53.3 Å². The summed E-state index contributed by atoms with van der Waals surface area (Å²) in [7, 11) is 1.64. The standard InChI is InChI=1S/C18H23F2N5O/c1-10(11(2)24-12(3)21)16(22-4)13-5-6-23-15(7-13)17(26)25-14-8-18(19,20)9-14/h5-7,14,24H,3,8-9,21H2,1-2,4H3,(H,25,26)/b11-10+,22-16+. The molecule has 1 fully saturated rings. The molecule has 1 aromatic rings. The summed E-state index contributed by atoms with van der Waals surface area (Å²) < 4.78 is 25.8. The van der Waals surface area contributed by atoms with Gasteiger partial charge < -0.3 is 16.4 Å². The summed E-state index contributed by atoms with van der Waals surface area (Å²) in [5.41, 5.74) is 8.66. The van der Waals surface area contributed by atoms with Gasteiger partial charge in [-0.05, 0) is 31.6 Å². The molecule has 8 heteroatoms. The Morgan fingerprint density at radius 2 is 2.08 bits per heavy atom. The van der Waals surface area contributed by atoms with E-state index in [9.17, 15) is 13.6 Å². The van der Waals surface area contributed by atoms with Crippen LogP contribution in [0, 0.1) is 0 Å². The normalized spacial score (nSPS) is 17.8. The fourth-order valence-corrected chi connectivity index (χ4v) is 2.75. The molecule has 1 heterocycles. The molecular formula is C18H23F2N5O. The maximum absolute atomic E-state index is 12.9. The molecule has 1 aliphatic carbocycles. The van der Waals surface area contributed by atoms with E-state index >= 15 is 0 Å². The molecule has 0 aliphatic heterocycles. The third-order valence-corrected chi connectivity index (χ3v) is 4.18. The van der Waals surface area contributed by atoms with Gasteiger partial charge in [-0.15, -0.1) is 0 Å². The number of pyridine rings is 1. The number of carbonyl (C=O) groups excluding carboxylic acids is 1. The van der Waals surface area contributed by atoms with E-state index in [0.717, 1.165) is 11.3 Å². The lowest BCUT2D eigenvalue weighted by molar-refractivity contribution is -0.0901. The van der Waals surface area contributed by atoms with Gasteiger partial charge in [0.1, 0.15) is 5.69 Å². The maximum Gasteiger partial charge on any atom is 0.270 e. The molecular weight excluding hydrogens is 340 g/mol. The molecule has 26 heavy (non-hydrogen) atoms. The number of alkyl halides is 2. The van der Waals surface area contributed by atoms with E-state index in [-0.39, 0.29) is 18.5 Å². The van der Waals surface area contributed by atoms with Crippen molar-refractivity contribution in [1.82, 2.24) is 15.6 Å². The van der Waals surface area contributed by atoms with E-state index in [4.69, 9.17) is 5.73 Å². The second-order valence-corrected chi connectivity index (χ2v) is 6.34. The Bertz CT molecular complexity index is 778. The Kier molecular flexibility index (Phi) is 5.74. The van der Waals surface area contributed by atoms with E-state index in [0.29, 0.717) is 17.1 Å². The van der Waals surface area contributed by atoms with Crippen molar-refractivity contribution in [2.45, 2.75) is 38.7 Å². The zero-order valence-electron chi connectivity index (χ0n) is 15.1. The highest BCUT2D eigenvalue weighted by Gasteiger charge is 2.46. The van der Waals surface area contributed by atoms with E-state index in [1.807, 2.05) is 13.8 Å². The van der Waals surface area contributed by atoms with Gasteiger partial charge in [0.2, 0.25) is 0 Å². The number of aromatic nitrogens is 1. The molecule has 0 saturated heterocycles. The lowest BCUT2D eigenvalue weighted by Gasteiger charge is -2.35. The fourth-order valence-electron chi connectivity index (χ4n) is 2.75. The number of amides is 1. The van der Waals surface area contributed by atoms with Crippen LogP contribution in [0.1, 0.15) is 42.7 Å². The van der Waals surface area contributed by atoms with Crippen LogP contribution in [0.5, 0.6) is 0 Å². The Hall–Kier alpha value is -2.77. The second-order valence-electron chi connectivity index (χ2n) is 6.34. The van der Waals surface area contributed by atoms with Crippen LogP contribution in [0.4, 0.5) is 8.78 Å². The molecule has 140 valence electrons. The largest absolute Gasteiger partial charge is 0.386 e. The Balaban J connectivity index is 2.19. The van der Waals surface area contributed by atoms with Crippen molar-refractivity contribution in [2.75, 3.05) is 7.05 Å². The molecule has 2 rings (SSSR count). The van der Waals surface area contributed by atoms with Gasteiger partial charge in [0.15, 0.2) is 0 Å². The second kappa shape index (κ2) is 7.63. The van der Waals surface area contributed by atoms with E-state index in [2.05, 4.69) is 27.2 Å². The first-order chi connectivity index (χ1) is 12.1. The molecule has 1 aliphatic rings. The predicted molar refractivity (Wildman–Crippen MR) is 97.0 cm³/mol. The maximum atomic E-state index is 12.9. The van der Waals surface area contributed by atoms with Crippen molar-refractivity contribution >= 4 is 11.6 Å². The molecule has 0 bridgehead atoms. The summed E-state index contributed by atoms with van der Waals surface area (Å²) in [5.74, 6) is -2.85. The van der Waals surface area contributed by atoms with Crippen molar-refractivity contribution in [3.8, 4) is 0 Å². The number of hydrogen-bond donors (Lipinski definition) is 3. The highest BCUT2D eigenvalue weighted by molar-refractivity contribution is 6.13. The molecule has 6 nitrogen and oxygen atoms in total. The number of rotatable bonds is 6. The zero-order valence-corrected chi connectivity index (χ0v) is 15.1. The number of carbonyl (C=O) groups is 1. The summed E-state index contributed by atoms with van der Waals surface area (Å²) in [6.07, 6.45) is 0.814. The van der Waals surface area contributed by atoms with Crippen LogP contribution in [0.15, 0.2) is 47.0 Å². The van der Waals surface area contributed by atoms with Crippen molar-refractivity contribution in [2.24, 2.45) is 10.7 Å². The van der Waals surface area contributed by atoms with Gasteiger partial charge in [-0.2, -0.15) is 0 Å². The van der Waals surface area contributed by atoms with Crippen LogP contribution in [-0.2, 0) is 0 Å².